The lowest BCUT2D eigenvalue weighted by Crippen LogP contribution is -2.26. The van der Waals surface area contributed by atoms with Crippen molar-refractivity contribution in [2.24, 2.45) is 0 Å². The van der Waals surface area contributed by atoms with E-state index in [0.29, 0.717) is 17.6 Å². The number of piperidine rings is 1. The molecular weight excluding hydrogens is 372 g/mol. The zero-order valence-electron chi connectivity index (χ0n) is 16.3. The first-order valence-corrected chi connectivity index (χ1v) is 10.6. The number of aromatic nitrogens is 5. The third kappa shape index (κ3) is 2.79. The van der Waals surface area contributed by atoms with Crippen molar-refractivity contribution in [3.63, 3.8) is 0 Å². The Kier molecular flexibility index (Phi) is 4.32. The minimum atomic E-state index is 0.377. The Labute approximate surface area is 167 Å². The van der Waals surface area contributed by atoms with E-state index in [0.717, 1.165) is 35.6 Å². The molecule has 5 heterocycles. The molecule has 28 heavy (non-hydrogen) atoms. The molecule has 4 aromatic rings. The monoisotopic (exact) mass is 396 g/mol. The summed E-state index contributed by atoms with van der Waals surface area (Å²) in [6, 6.07) is 2.03. The molecule has 1 aliphatic heterocycles. The summed E-state index contributed by atoms with van der Waals surface area (Å²) in [7, 11) is 1.66. The molecule has 146 valence electrons. The number of ether oxygens (including phenoxy) is 1. The molecule has 2 N–H and O–H groups in total. The number of methoxy groups -OCH3 is 1. The van der Waals surface area contributed by atoms with Gasteiger partial charge in [-0.25, -0.2) is 14.5 Å². The van der Waals surface area contributed by atoms with Gasteiger partial charge in [-0.15, -0.1) is 11.3 Å². The number of hydrogen-bond donors (Lipinski definition) is 2. The van der Waals surface area contributed by atoms with Gasteiger partial charge >= 0.3 is 0 Å². The molecule has 0 saturated carbocycles. The maximum absolute atomic E-state index is 5.55. The van der Waals surface area contributed by atoms with Gasteiger partial charge in [-0.05, 0) is 43.5 Å². The summed E-state index contributed by atoms with van der Waals surface area (Å²) in [5.74, 6) is 1.66. The van der Waals surface area contributed by atoms with E-state index in [1.165, 1.54) is 28.1 Å². The van der Waals surface area contributed by atoms with Crippen molar-refractivity contribution >= 4 is 27.3 Å². The van der Waals surface area contributed by atoms with E-state index >= 15 is 0 Å². The minimum Gasteiger partial charge on any atom is -0.493 e. The molecule has 0 spiro atoms. The summed E-state index contributed by atoms with van der Waals surface area (Å²) in [5, 5.41) is 9.00. The van der Waals surface area contributed by atoms with Crippen molar-refractivity contribution in [1.82, 2.24) is 29.9 Å². The van der Waals surface area contributed by atoms with E-state index in [2.05, 4.69) is 34.2 Å². The molecule has 1 saturated heterocycles. The van der Waals surface area contributed by atoms with Gasteiger partial charge in [0.1, 0.15) is 12.0 Å². The van der Waals surface area contributed by atoms with Crippen molar-refractivity contribution in [3.05, 3.63) is 29.2 Å². The van der Waals surface area contributed by atoms with Crippen LogP contribution in [0.3, 0.4) is 0 Å². The van der Waals surface area contributed by atoms with Crippen molar-refractivity contribution in [2.75, 3.05) is 20.2 Å². The summed E-state index contributed by atoms with van der Waals surface area (Å²) in [4.78, 5) is 12.9. The van der Waals surface area contributed by atoms with Crippen LogP contribution in [0.15, 0.2) is 18.6 Å². The SMILES string of the molecule is COc1cc(-c2[nH]c3nc(C4CCNCC4)sc3c2C(C)C)cn2ncnc12. The predicted octanol–water partition coefficient (Wildman–Crippen LogP) is 3.93. The highest BCUT2D eigenvalue weighted by molar-refractivity contribution is 7.18. The number of nitrogens with zero attached hydrogens (tertiary/aromatic N) is 4. The quantitative estimate of drug-likeness (QED) is 0.546. The molecule has 0 aliphatic carbocycles. The normalized spacial score (nSPS) is 15.9. The third-order valence-electron chi connectivity index (χ3n) is 5.52. The molecule has 1 fully saturated rings. The van der Waals surface area contributed by atoms with Crippen LogP contribution in [0.1, 0.15) is 49.1 Å². The molecule has 4 aromatic heterocycles. The van der Waals surface area contributed by atoms with Crippen LogP contribution in [0.25, 0.3) is 27.3 Å². The largest absolute Gasteiger partial charge is 0.493 e. The Hall–Kier alpha value is -2.45. The van der Waals surface area contributed by atoms with Crippen LogP contribution in [0.4, 0.5) is 0 Å². The fraction of sp³-hybridized carbons (Fsp3) is 0.450. The average molecular weight is 397 g/mol. The summed E-state index contributed by atoms with van der Waals surface area (Å²) in [6.45, 7) is 6.64. The summed E-state index contributed by atoms with van der Waals surface area (Å²) in [6.07, 6.45) is 5.88. The zero-order chi connectivity index (χ0) is 19.3. The van der Waals surface area contributed by atoms with Crippen LogP contribution in [0.2, 0.25) is 0 Å². The molecule has 0 atom stereocenters. The molecule has 5 rings (SSSR count). The first-order chi connectivity index (χ1) is 13.7. The topological polar surface area (TPSA) is 80.1 Å². The molecule has 0 bridgehead atoms. The van der Waals surface area contributed by atoms with Crippen molar-refractivity contribution < 1.29 is 4.74 Å². The van der Waals surface area contributed by atoms with Gasteiger partial charge < -0.3 is 15.0 Å². The van der Waals surface area contributed by atoms with Crippen LogP contribution in [0, 0.1) is 0 Å². The van der Waals surface area contributed by atoms with Crippen LogP contribution in [0.5, 0.6) is 5.75 Å². The number of rotatable bonds is 4. The average Bonchev–Trinajstić information content (AvgIpc) is 3.41. The van der Waals surface area contributed by atoms with Crippen molar-refractivity contribution in [3.8, 4) is 17.0 Å². The van der Waals surface area contributed by atoms with Gasteiger partial charge in [-0.3, -0.25) is 0 Å². The number of fused-ring (bicyclic) bond motifs is 2. The van der Waals surface area contributed by atoms with Gasteiger partial charge in [0.2, 0.25) is 0 Å². The zero-order valence-corrected chi connectivity index (χ0v) is 17.1. The van der Waals surface area contributed by atoms with Gasteiger partial charge in [0.05, 0.1) is 22.5 Å². The number of nitrogens with one attached hydrogen (secondary N) is 2. The third-order valence-corrected chi connectivity index (χ3v) is 6.77. The summed E-state index contributed by atoms with van der Waals surface area (Å²) in [5.41, 5.74) is 5.16. The Morgan fingerprint density at radius 2 is 2.11 bits per heavy atom. The van der Waals surface area contributed by atoms with Gasteiger partial charge in [0.25, 0.3) is 0 Å². The van der Waals surface area contributed by atoms with Gasteiger partial charge in [-0.2, -0.15) is 5.10 Å². The Morgan fingerprint density at radius 3 is 2.86 bits per heavy atom. The number of H-pyrrole nitrogens is 1. The fourth-order valence-electron chi connectivity index (χ4n) is 4.11. The molecular formula is C20H24N6OS. The van der Waals surface area contributed by atoms with Crippen LogP contribution < -0.4 is 10.1 Å². The summed E-state index contributed by atoms with van der Waals surface area (Å²) >= 11 is 1.85. The van der Waals surface area contributed by atoms with E-state index in [4.69, 9.17) is 9.72 Å². The number of hydrogen-bond acceptors (Lipinski definition) is 6. The molecule has 8 heteroatoms. The standard InChI is InChI=1S/C20H24N6OS/c1-11(2)15-16(13-8-14(27-3)19-22-10-23-26(19)9-13)24-18-17(15)28-20(25-18)12-4-6-21-7-5-12/h8-12,21,24H,4-7H2,1-3H3. The highest BCUT2D eigenvalue weighted by atomic mass is 32.1. The second kappa shape index (κ2) is 6.86. The van der Waals surface area contributed by atoms with Gasteiger partial charge in [-0.1, -0.05) is 13.8 Å². The van der Waals surface area contributed by atoms with E-state index in [1.54, 1.807) is 18.0 Å². The molecule has 0 amide bonds. The second-order valence-corrected chi connectivity index (χ2v) is 8.68. The molecule has 0 unspecified atom stereocenters. The van der Waals surface area contributed by atoms with Crippen molar-refractivity contribution in [2.45, 2.75) is 38.5 Å². The minimum absolute atomic E-state index is 0.377. The van der Waals surface area contributed by atoms with E-state index in [9.17, 15) is 0 Å². The van der Waals surface area contributed by atoms with Crippen LogP contribution in [-0.4, -0.2) is 44.8 Å². The number of pyridine rings is 1. The first-order valence-electron chi connectivity index (χ1n) is 9.76. The van der Waals surface area contributed by atoms with Gasteiger partial charge in [0, 0.05) is 17.7 Å². The maximum atomic E-state index is 5.55. The number of thiazole rings is 1. The first kappa shape index (κ1) is 17.6. The Balaban J connectivity index is 1.65. The van der Waals surface area contributed by atoms with Gasteiger partial charge in [0.15, 0.2) is 11.4 Å². The lowest BCUT2D eigenvalue weighted by atomic mass is 9.99. The maximum Gasteiger partial charge on any atom is 0.197 e. The molecule has 7 nitrogen and oxygen atoms in total. The van der Waals surface area contributed by atoms with Crippen LogP contribution >= 0.6 is 11.3 Å². The molecule has 0 radical (unpaired) electrons. The smallest absolute Gasteiger partial charge is 0.197 e. The molecule has 0 aromatic carbocycles. The predicted molar refractivity (Wildman–Crippen MR) is 111 cm³/mol. The highest BCUT2D eigenvalue weighted by Crippen LogP contribution is 2.41. The van der Waals surface area contributed by atoms with E-state index in [-0.39, 0.29) is 0 Å². The number of aromatic amines is 1. The van der Waals surface area contributed by atoms with E-state index in [1.807, 2.05) is 23.6 Å². The van der Waals surface area contributed by atoms with Crippen LogP contribution in [-0.2, 0) is 0 Å². The summed E-state index contributed by atoms with van der Waals surface area (Å²) < 4.78 is 8.59. The lowest BCUT2D eigenvalue weighted by molar-refractivity contribution is 0.416. The molecule has 1 aliphatic rings. The Morgan fingerprint density at radius 1 is 1.29 bits per heavy atom. The second-order valence-electron chi connectivity index (χ2n) is 7.65. The Bertz CT molecular complexity index is 1130. The lowest BCUT2D eigenvalue weighted by Gasteiger charge is -2.20. The van der Waals surface area contributed by atoms with E-state index < -0.39 is 0 Å². The fourth-order valence-corrected chi connectivity index (χ4v) is 5.50. The highest BCUT2D eigenvalue weighted by Gasteiger charge is 2.24. The van der Waals surface area contributed by atoms with Crippen molar-refractivity contribution in [1.29, 1.82) is 0 Å².